The van der Waals surface area contributed by atoms with Crippen LogP contribution in [0.1, 0.15) is 38.8 Å². The van der Waals surface area contributed by atoms with Crippen LogP contribution in [0.25, 0.3) is 28.1 Å². The lowest BCUT2D eigenvalue weighted by molar-refractivity contribution is 0.410. The van der Waals surface area contributed by atoms with Crippen molar-refractivity contribution in [1.82, 2.24) is 9.38 Å². The van der Waals surface area contributed by atoms with Crippen molar-refractivity contribution in [1.29, 1.82) is 0 Å². The SMILES string of the molecule is [2H]C([2H])([2H])c1cnc(-c2cccc3c2oc2cccn23)cc1C([2H])([2H])C(C)(C)C. The molecule has 0 spiro atoms. The number of oxazole rings is 1. The van der Waals surface area contributed by atoms with Gasteiger partial charge in [0.05, 0.1) is 11.2 Å². The Labute approximate surface area is 149 Å². The molecule has 1 aromatic carbocycles. The summed E-state index contributed by atoms with van der Waals surface area (Å²) in [6.07, 6.45) is 1.30. The third-order valence-corrected chi connectivity index (χ3v) is 3.86. The summed E-state index contributed by atoms with van der Waals surface area (Å²) < 4.78 is 48.9. The normalized spacial score (nSPS) is 16.5. The Bertz CT molecular complexity index is 1210. The molecule has 0 unspecified atom stereocenters. The van der Waals surface area contributed by atoms with Crippen LogP contribution in [0.4, 0.5) is 0 Å². The van der Waals surface area contributed by atoms with Crippen molar-refractivity contribution < 1.29 is 11.3 Å². The standard InChI is InChI=1S/C21H22N2O/c1-14-13-22-17(11-15(14)12-21(2,3)4)16-7-5-8-18-20(16)24-19-9-6-10-23(18)19/h5-11,13H,12H2,1-4H3/i1D3,12D2. The molecule has 4 rings (SSSR count). The minimum atomic E-state index is -2.47. The minimum absolute atomic E-state index is 0.0686. The maximum atomic E-state index is 8.69. The quantitative estimate of drug-likeness (QED) is 0.477. The minimum Gasteiger partial charge on any atom is -0.438 e. The van der Waals surface area contributed by atoms with Gasteiger partial charge in [-0.15, -0.1) is 0 Å². The van der Waals surface area contributed by atoms with Crippen LogP contribution < -0.4 is 0 Å². The predicted molar refractivity (Wildman–Crippen MR) is 98.3 cm³/mol. The monoisotopic (exact) mass is 323 g/mol. The highest BCUT2D eigenvalue weighted by molar-refractivity contribution is 5.91. The Morgan fingerprint density at radius 1 is 1.25 bits per heavy atom. The fourth-order valence-corrected chi connectivity index (χ4v) is 2.89. The zero-order valence-corrected chi connectivity index (χ0v) is 13.9. The van der Waals surface area contributed by atoms with Gasteiger partial charge in [0.25, 0.3) is 0 Å². The molecule has 0 aliphatic carbocycles. The molecule has 3 heteroatoms. The third kappa shape index (κ3) is 2.50. The lowest BCUT2D eigenvalue weighted by Gasteiger charge is -2.20. The Balaban J connectivity index is 1.99. The van der Waals surface area contributed by atoms with Crippen LogP contribution in [0.3, 0.4) is 0 Å². The van der Waals surface area contributed by atoms with Crippen LogP contribution in [0.15, 0.2) is 53.2 Å². The van der Waals surface area contributed by atoms with Crippen molar-refractivity contribution in [3.63, 3.8) is 0 Å². The Hall–Kier alpha value is -2.55. The van der Waals surface area contributed by atoms with Gasteiger partial charge in [0, 0.05) is 30.9 Å². The van der Waals surface area contributed by atoms with Gasteiger partial charge in [0.2, 0.25) is 5.71 Å². The Morgan fingerprint density at radius 2 is 2.12 bits per heavy atom. The molecule has 0 saturated carbocycles. The molecule has 0 bridgehead atoms. The van der Waals surface area contributed by atoms with Gasteiger partial charge in [-0.2, -0.15) is 0 Å². The molecule has 0 atom stereocenters. The molecule has 0 N–H and O–H groups in total. The van der Waals surface area contributed by atoms with Gasteiger partial charge >= 0.3 is 0 Å². The number of rotatable bonds is 2. The fraction of sp³-hybridized carbons (Fsp3) is 0.286. The molecule has 4 aromatic rings. The second-order valence-corrected chi connectivity index (χ2v) is 6.96. The van der Waals surface area contributed by atoms with E-state index in [4.69, 9.17) is 11.3 Å². The maximum absolute atomic E-state index is 8.69. The van der Waals surface area contributed by atoms with Crippen LogP contribution in [-0.4, -0.2) is 9.38 Å². The summed E-state index contributed by atoms with van der Waals surface area (Å²) in [7, 11) is 0. The lowest BCUT2D eigenvalue weighted by Crippen LogP contribution is -2.10. The highest BCUT2D eigenvalue weighted by Gasteiger charge is 2.16. The molecule has 3 aromatic heterocycles. The van der Waals surface area contributed by atoms with Gasteiger partial charge in [0.1, 0.15) is 0 Å². The Kier molecular flexibility index (Phi) is 2.26. The van der Waals surface area contributed by atoms with Crippen LogP contribution in [0.2, 0.25) is 0 Å². The number of benzene rings is 1. The average Bonchev–Trinajstić information content (AvgIpc) is 3.20. The highest BCUT2D eigenvalue weighted by atomic mass is 16.3. The van der Waals surface area contributed by atoms with Crippen molar-refractivity contribution in [2.24, 2.45) is 5.41 Å². The molecule has 0 amide bonds. The first kappa shape index (κ1) is 10.3. The van der Waals surface area contributed by atoms with Gasteiger partial charge in [-0.1, -0.05) is 26.8 Å². The van der Waals surface area contributed by atoms with Gasteiger partial charge in [-0.25, -0.2) is 0 Å². The fourth-order valence-electron chi connectivity index (χ4n) is 2.89. The van der Waals surface area contributed by atoms with E-state index in [2.05, 4.69) is 4.98 Å². The molecular weight excluding hydrogens is 296 g/mol. The number of aryl methyl sites for hydroxylation is 1. The van der Waals surface area contributed by atoms with Crippen LogP contribution in [0, 0.1) is 12.3 Å². The van der Waals surface area contributed by atoms with Gasteiger partial charge in [-0.3, -0.25) is 9.38 Å². The number of hydrogen-bond donors (Lipinski definition) is 0. The highest BCUT2D eigenvalue weighted by Crippen LogP contribution is 2.32. The molecule has 0 aliphatic heterocycles. The number of para-hydroxylation sites is 1. The predicted octanol–water partition coefficient (Wildman–Crippen LogP) is 5.64. The summed E-state index contributed by atoms with van der Waals surface area (Å²) >= 11 is 0. The summed E-state index contributed by atoms with van der Waals surface area (Å²) in [6, 6.07) is 11.0. The van der Waals surface area contributed by atoms with E-state index in [1.165, 1.54) is 6.20 Å². The molecule has 0 aliphatic rings. The van der Waals surface area contributed by atoms with Gasteiger partial charge in [0.15, 0.2) is 5.58 Å². The van der Waals surface area contributed by atoms with Crippen LogP contribution in [-0.2, 0) is 6.37 Å². The molecule has 3 nitrogen and oxygen atoms in total. The Morgan fingerprint density at radius 3 is 2.92 bits per heavy atom. The van der Waals surface area contributed by atoms with Gasteiger partial charge < -0.3 is 4.42 Å². The molecule has 3 heterocycles. The van der Waals surface area contributed by atoms with E-state index < -0.39 is 18.6 Å². The molecule has 122 valence electrons. The zero-order chi connectivity index (χ0) is 21.2. The molecular formula is C21H22N2O. The van der Waals surface area contributed by atoms with E-state index in [0.717, 1.165) is 5.52 Å². The first-order valence-electron chi connectivity index (χ1n) is 10.4. The first-order chi connectivity index (χ1) is 13.4. The lowest BCUT2D eigenvalue weighted by atomic mass is 9.86. The van der Waals surface area contributed by atoms with E-state index in [0.29, 0.717) is 22.6 Å². The third-order valence-electron chi connectivity index (χ3n) is 3.86. The number of pyridine rings is 1. The summed E-state index contributed by atoms with van der Waals surface area (Å²) in [4.78, 5) is 4.38. The maximum Gasteiger partial charge on any atom is 0.204 e. The molecule has 0 fully saturated rings. The molecule has 0 saturated heterocycles. The van der Waals surface area contributed by atoms with Gasteiger partial charge in [-0.05, 0) is 54.0 Å². The number of nitrogens with zero attached hydrogens (tertiary/aromatic N) is 2. The largest absolute Gasteiger partial charge is 0.438 e. The molecule has 24 heavy (non-hydrogen) atoms. The van der Waals surface area contributed by atoms with Crippen LogP contribution >= 0.6 is 0 Å². The van der Waals surface area contributed by atoms with Crippen molar-refractivity contribution in [3.8, 4) is 11.3 Å². The average molecular weight is 323 g/mol. The first-order valence-corrected chi connectivity index (χ1v) is 7.91. The summed E-state index contributed by atoms with van der Waals surface area (Å²) in [5.41, 5.74) is 2.60. The van der Waals surface area contributed by atoms with E-state index in [1.807, 2.05) is 40.9 Å². The number of hydrogen-bond acceptors (Lipinski definition) is 2. The van der Waals surface area contributed by atoms with Crippen molar-refractivity contribution in [2.45, 2.75) is 34.0 Å². The van der Waals surface area contributed by atoms with E-state index in [-0.39, 0.29) is 11.1 Å². The van der Waals surface area contributed by atoms with Crippen molar-refractivity contribution in [2.75, 3.05) is 0 Å². The van der Waals surface area contributed by atoms with Crippen molar-refractivity contribution in [3.05, 3.63) is 59.9 Å². The topological polar surface area (TPSA) is 30.4 Å². The number of fused-ring (bicyclic) bond motifs is 3. The van der Waals surface area contributed by atoms with Crippen LogP contribution in [0.5, 0.6) is 0 Å². The van der Waals surface area contributed by atoms with E-state index >= 15 is 0 Å². The number of aromatic nitrogens is 2. The smallest absolute Gasteiger partial charge is 0.204 e. The summed E-state index contributed by atoms with van der Waals surface area (Å²) in [5.74, 6) is 0. The van der Waals surface area contributed by atoms with E-state index in [1.54, 1.807) is 26.8 Å². The summed E-state index contributed by atoms with van der Waals surface area (Å²) in [6.45, 7) is 2.81. The second kappa shape index (κ2) is 5.23. The van der Waals surface area contributed by atoms with Crippen molar-refractivity contribution >= 4 is 16.8 Å². The second-order valence-electron chi connectivity index (χ2n) is 6.96. The van der Waals surface area contributed by atoms with E-state index in [9.17, 15) is 0 Å². The molecule has 0 radical (unpaired) electrons. The zero-order valence-electron chi connectivity index (χ0n) is 18.9. The summed E-state index contributed by atoms with van der Waals surface area (Å²) in [5, 5.41) is 0.